The van der Waals surface area contributed by atoms with Crippen LogP contribution in [-0.4, -0.2) is 13.1 Å². The Hall–Kier alpha value is -1.60. The van der Waals surface area contributed by atoms with E-state index in [9.17, 15) is 0 Å². The molecule has 2 atom stereocenters. The minimum Gasteiger partial charge on any atom is -0.317 e. The predicted octanol–water partition coefficient (Wildman–Crippen LogP) is 5.02. The molecule has 1 N–H and O–H groups in total. The van der Waals surface area contributed by atoms with Gasteiger partial charge < -0.3 is 5.32 Å². The summed E-state index contributed by atoms with van der Waals surface area (Å²) in [6.45, 7) is 6.73. The van der Waals surface area contributed by atoms with Crippen LogP contribution in [0, 0.1) is 0 Å². The third-order valence-electron chi connectivity index (χ3n) is 4.41. The van der Waals surface area contributed by atoms with Crippen LogP contribution in [-0.2, 0) is 6.42 Å². The van der Waals surface area contributed by atoms with E-state index in [-0.39, 0.29) is 0 Å². The Morgan fingerprint density at radius 2 is 1.38 bits per heavy atom. The number of likely N-dealkylation sites (N-methyl/N-ethyl adjacent to an activating group) is 1. The fourth-order valence-electron chi connectivity index (χ4n) is 2.53. The molecular formula is C20H27N. The second-order valence-electron chi connectivity index (χ2n) is 6.02. The Bertz CT molecular complexity index is 539. The minimum absolute atomic E-state index is 0.519. The van der Waals surface area contributed by atoms with E-state index in [1.54, 1.807) is 0 Å². The van der Waals surface area contributed by atoms with Gasteiger partial charge in [0.2, 0.25) is 0 Å². The van der Waals surface area contributed by atoms with E-state index in [4.69, 9.17) is 0 Å². The highest BCUT2D eigenvalue weighted by Crippen LogP contribution is 2.24. The highest BCUT2D eigenvalue weighted by molar-refractivity contribution is 5.64. The smallest absolute Gasteiger partial charge is 0.00761 e. The highest BCUT2D eigenvalue weighted by Gasteiger charge is 2.04. The first-order valence-corrected chi connectivity index (χ1v) is 8.00. The van der Waals surface area contributed by atoms with Crippen molar-refractivity contribution < 1.29 is 0 Å². The molecule has 0 aliphatic rings. The predicted molar refractivity (Wildman–Crippen MR) is 92.8 cm³/mol. The van der Waals surface area contributed by atoms with Crippen molar-refractivity contribution in [3.8, 4) is 11.1 Å². The molecule has 0 fully saturated rings. The lowest BCUT2D eigenvalue weighted by Gasteiger charge is -2.12. The average molecular weight is 281 g/mol. The molecule has 1 nitrogen and oxygen atoms in total. The van der Waals surface area contributed by atoms with Crippen LogP contribution in [0.5, 0.6) is 0 Å². The highest BCUT2D eigenvalue weighted by atomic mass is 14.8. The molecule has 2 aromatic rings. The first-order chi connectivity index (χ1) is 10.1. The number of benzene rings is 2. The zero-order valence-electron chi connectivity index (χ0n) is 13.7. The Labute approximate surface area is 129 Å². The van der Waals surface area contributed by atoms with Crippen LogP contribution in [0.3, 0.4) is 0 Å². The van der Waals surface area contributed by atoms with Gasteiger partial charge in [-0.05, 0) is 55.0 Å². The molecule has 2 aromatic carbocycles. The molecule has 0 saturated heterocycles. The molecular weight excluding hydrogens is 254 g/mol. The topological polar surface area (TPSA) is 12.0 Å². The van der Waals surface area contributed by atoms with Gasteiger partial charge in [-0.15, -0.1) is 0 Å². The van der Waals surface area contributed by atoms with Crippen LogP contribution in [0.4, 0.5) is 0 Å². The van der Waals surface area contributed by atoms with Crippen LogP contribution in [0.25, 0.3) is 11.1 Å². The number of rotatable bonds is 6. The molecule has 0 radical (unpaired) electrons. The van der Waals surface area contributed by atoms with E-state index >= 15 is 0 Å². The van der Waals surface area contributed by atoms with Gasteiger partial charge in [-0.1, -0.05) is 62.4 Å². The van der Waals surface area contributed by atoms with Crippen LogP contribution < -0.4 is 5.32 Å². The zero-order valence-corrected chi connectivity index (χ0v) is 13.7. The number of nitrogens with one attached hydrogen (secondary N) is 1. The molecule has 0 bridgehead atoms. The maximum Gasteiger partial charge on any atom is 0.00761 e. The van der Waals surface area contributed by atoms with Crippen molar-refractivity contribution in [3.63, 3.8) is 0 Å². The van der Waals surface area contributed by atoms with Crippen LogP contribution >= 0.6 is 0 Å². The van der Waals surface area contributed by atoms with Gasteiger partial charge >= 0.3 is 0 Å². The quantitative estimate of drug-likeness (QED) is 0.784. The van der Waals surface area contributed by atoms with Crippen molar-refractivity contribution >= 4 is 0 Å². The first-order valence-electron chi connectivity index (χ1n) is 8.00. The zero-order chi connectivity index (χ0) is 15.2. The molecule has 1 heteroatoms. The van der Waals surface area contributed by atoms with E-state index < -0.39 is 0 Å². The van der Waals surface area contributed by atoms with Crippen molar-refractivity contribution in [2.45, 2.75) is 45.6 Å². The van der Waals surface area contributed by atoms with Crippen LogP contribution in [0.2, 0.25) is 0 Å². The summed E-state index contributed by atoms with van der Waals surface area (Å²) in [7, 11) is 2.01. The molecule has 2 unspecified atom stereocenters. The van der Waals surface area contributed by atoms with Gasteiger partial charge in [-0.2, -0.15) is 0 Å². The number of hydrogen-bond acceptors (Lipinski definition) is 1. The monoisotopic (exact) mass is 281 g/mol. The summed E-state index contributed by atoms with van der Waals surface area (Å²) in [5.74, 6) is 0.643. The standard InChI is InChI=1S/C20H27N/c1-5-15(2)18-10-12-20(13-11-18)19-8-6-17(7-9-19)14-16(3)21-4/h6-13,15-16,21H,5,14H2,1-4H3. The van der Waals surface area contributed by atoms with Crippen molar-refractivity contribution in [3.05, 3.63) is 59.7 Å². The lowest BCUT2D eigenvalue weighted by molar-refractivity contribution is 0.608. The summed E-state index contributed by atoms with van der Waals surface area (Å²) in [6, 6.07) is 18.5. The minimum atomic E-state index is 0.519. The summed E-state index contributed by atoms with van der Waals surface area (Å²) < 4.78 is 0. The van der Waals surface area contributed by atoms with E-state index in [1.807, 2.05) is 7.05 Å². The Morgan fingerprint density at radius 3 is 1.86 bits per heavy atom. The van der Waals surface area contributed by atoms with Gasteiger partial charge in [0.25, 0.3) is 0 Å². The van der Waals surface area contributed by atoms with Crippen molar-refractivity contribution in [1.82, 2.24) is 5.32 Å². The lowest BCUT2D eigenvalue weighted by Crippen LogP contribution is -2.23. The van der Waals surface area contributed by atoms with E-state index in [1.165, 1.54) is 28.7 Å². The third kappa shape index (κ3) is 4.18. The molecule has 0 aliphatic heterocycles. The van der Waals surface area contributed by atoms with Gasteiger partial charge in [0.1, 0.15) is 0 Å². The van der Waals surface area contributed by atoms with Crippen molar-refractivity contribution in [2.24, 2.45) is 0 Å². The fraction of sp³-hybridized carbons (Fsp3) is 0.400. The Balaban J connectivity index is 2.11. The average Bonchev–Trinajstić information content (AvgIpc) is 2.55. The molecule has 2 rings (SSSR count). The number of hydrogen-bond donors (Lipinski definition) is 1. The van der Waals surface area contributed by atoms with E-state index in [2.05, 4.69) is 74.6 Å². The molecule has 0 spiro atoms. The van der Waals surface area contributed by atoms with E-state index in [0.29, 0.717) is 12.0 Å². The van der Waals surface area contributed by atoms with Gasteiger partial charge in [0.05, 0.1) is 0 Å². The van der Waals surface area contributed by atoms with Gasteiger partial charge in [-0.25, -0.2) is 0 Å². The van der Waals surface area contributed by atoms with Gasteiger partial charge in [0.15, 0.2) is 0 Å². The van der Waals surface area contributed by atoms with Crippen LogP contribution in [0.1, 0.15) is 44.2 Å². The van der Waals surface area contributed by atoms with Crippen molar-refractivity contribution in [2.75, 3.05) is 7.05 Å². The molecule has 21 heavy (non-hydrogen) atoms. The van der Waals surface area contributed by atoms with E-state index in [0.717, 1.165) is 6.42 Å². The fourth-order valence-corrected chi connectivity index (χ4v) is 2.53. The normalized spacial score (nSPS) is 13.9. The first kappa shape index (κ1) is 15.8. The molecule has 0 saturated carbocycles. The summed E-state index contributed by atoms with van der Waals surface area (Å²) >= 11 is 0. The third-order valence-corrected chi connectivity index (χ3v) is 4.41. The Morgan fingerprint density at radius 1 is 0.857 bits per heavy atom. The van der Waals surface area contributed by atoms with Crippen LogP contribution in [0.15, 0.2) is 48.5 Å². The SMILES string of the molecule is CCC(C)c1ccc(-c2ccc(CC(C)NC)cc2)cc1. The second kappa shape index (κ2) is 7.42. The molecule has 112 valence electrons. The summed E-state index contributed by atoms with van der Waals surface area (Å²) in [5.41, 5.74) is 5.42. The van der Waals surface area contributed by atoms with Crippen molar-refractivity contribution in [1.29, 1.82) is 0 Å². The summed E-state index contributed by atoms with van der Waals surface area (Å²) in [6.07, 6.45) is 2.27. The molecule has 0 aliphatic carbocycles. The van der Waals surface area contributed by atoms with Gasteiger partial charge in [0, 0.05) is 6.04 Å². The summed E-state index contributed by atoms with van der Waals surface area (Å²) in [4.78, 5) is 0. The maximum absolute atomic E-state index is 3.28. The largest absolute Gasteiger partial charge is 0.317 e. The maximum atomic E-state index is 3.28. The molecule has 0 amide bonds. The molecule has 0 aromatic heterocycles. The second-order valence-corrected chi connectivity index (χ2v) is 6.02. The Kier molecular flexibility index (Phi) is 5.58. The van der Waals surface area contributed by atoms with Gasteiger partial charge in [-0.3, -0.25) is 0 Å². The summed E-state index contributed by atoms with van der Waals surface area (Å²) in [5, 5.41) is 3.28. The lowest BCUT2D eigenvalue weighted by atomic mass is 9.95. The molecule has 0 heterocycles.